The van der Waals surface area contributed by atoms with Gasteiger partial charge in [-0.1, -0.05) is 6.92 Å². The van der Waals surface area contributed by atoms with Crippen LogP contribution in [0.2, 0.25) is 0 Å². The Balaban J connectivity index is 2.04. The molecule has 0 heterocycles. The highest BCUT2D eigenvalue weighted by Gasteiger charge is 2.27. The Hall–Kier alpha value is -0.370. The van der Waals surface area contributed by atoms with Gasteiger partial charge in [0.2, 0.25) is 0 Å². The van der Waals surface area contributed by atoms with E-state index in [1.807, 2.05) is 0 Å². The average Bonchev–Trinajstić information content (AvgIpc) is 2.93. The van der Waals surface area contributed by atoms with Gasteiger partial charge in [-0.2, -0.15) is 0 Å². The molecule has 0 unspecified atom stereocenters. The standard InChI is InChI=1S/C12H23NO/c1-3-9-13(12-7-8-12)10-5-4-6-11(2)14/h12H,3-10H2,1-2H3. The van der Waals surface area contributed by atoms with Gasteiger partial charge >= 0.3 is 0 Å². The monoisotopic (exact) mass is 197 g/mol. The minimum absolute atomic E-state index is 0.332. The van der Waals surface area contributed by atoms with Crippen molar-refractivity contribution >= 4 is 5.78 Å². The minimum Gasteiger partial charge on any atom is -0.300 e. The van der Waals surface area contributed by atoms with E-state index in [4.69, 9.17) is 0 Å². The van der Waals surface area contributed by atoms with Crippen molar-refractivity contribution in [1.82, 2.24) is 4.90 Å². The third-order valence-electron chi connectivity index (χ3n) is 2.80. The van der Waals surface area contributed by atoms with Crippen molar-refractivity contribution in [2.24, 2.45) is 0 Å². The quantitative estimate of drug-likeness (QED) is 0.557. The molecule has 2 heteroatoms. The molecule has 0 aliphatic heterocycles. The molecule has 0 spiro atoms. The zero-order chi connectivity index (χ0) is 10.4. The van der Waals surface area contributed by atoms with Crippen LogP contribution in [0, 0.1) is 0 Å². The molecule has 0 aromatic rings. The topological polar surface area (TPSA) is 20.3 Å². The zero-order valence-corrected chi connectivity index (χ0v) is 9.59. The van der Waals surface area contributed by atoms with E-state index in [1.165, 1.54) is 38.8 Å². The maximum Gasteiger partial charge on any atom is 0.129 e. The van der Waals surface area contributed by atoms with E-state index >= 15 is 0 Å². The van der Waals surface area contributed by atoms with E-state index in [0.29, 0.717) is 5.78 Å². The van der Waals surface area contributed by atoms with E-state index in [1.54, 1.807) is 6.92 Å². The molecule has 0 atom stereocenters. The van der Waals surface area contributed by atoms with Crippen LogP contribution in [0.1, 0.15) is 52.4 Å². The van der Waals surface area contributed by atoms with E-state index < -0.39 is 0 Å². The number of Topliss-reactive ketones (excluding diaryl/α,β-unsaturated/α-hetero) is 1. The summed E-state index contributed by atoms with van der Waals surface area (Å²) in [5.74, 6) is 0.332. The number of hydrogen-bond donors (Lipinski definition) is 0. The number of nitrogens with zero attached hydrogens (tertiary/aromatic N) is 1. The van der Waals surface area contributed by atoms with E-state index in [0.717, 1.165) is 18.9 Å². The maximum atomic E-state index is 10.7. The van der Waals surface area contributed by atoms with Crippen LogP contribution in [0.25, 0.3) is 0 Å². The summed E-state index contributed by atoms with van der Waals surface area (Å²) < 4.78 is 0. The fraction of sp³-hybridized carbons (Fsp3) is 0.917. The van der Waals surface area contributed by atoms with Crippen LogP contribution in [0.4, 0.5) is 0 Å². The van der Waals surface area contributed by atoms with Crippen molar-refractivity contribution in [3.05, 3.63) is 0 Å². The number of rotatable bonds is 8. The van der Waals surface area contributed by atoms with E-state index in [9.17, 15) is 4.79 Å². The molecule has 1 aliphatic rings. The number of ketones is 1. The molecule has 0 bridgehead atoms. The van der Waals surface area contributed by atoms with E-state index in [2.05, 4.69) is 11.8 Å². The van der Waals surface area contributed by atoms with Crippen molar-refractivity contribution in [1.29, 1.82) is 0 Å². The average molecular weight is 197 g/mol. The van der Waals surface area contributed by atoms with Crippen molar-refractivity contribution in [2.75, 3.05) is 13.1 Å². The summed E-state index contributed by atoms with van der Waals surface area (Å²) in [4.78, 5) is 13.3. The first-order chi connectivity index (χ1) is 6.74. The molecule has 0 radical (unpaired) electrons. The lowest BCUT2D eigenvalue weighted by Gasteiger charge is -2.20. The predicted octanol–water partition coefficient (Wildman–Crippen LogP) is 2.62. The summed E-state index contributed by atoms with van der Waals surface area (Å²) in [7, 11) is 0. The lowest BCUT2D eigenvalue weighted by molar-refractivity contribution is -0.117. The van der Waals surface area contributed by atoms with Crippen LogP contribution in [0.3, 0.4) is 0 Å². The third-order valence-corrected chi connectivity index (χ3v) is 2.80. The summed E-state index contributed by atoms with van der Waals surface area (Å²) in [6.45, 7) is 6.37. The molecular weight excluding hydrogens is 174 g/mol. The van der Waals surface area contributed by atoms with Crippen molar-refractivity contribution in [3.8, 4) is 0 Å². The summed E-state index contributed by atoms with van der Waals surface area (Å²) >= 11 is 0. The molecule has 0 aromatic carbocycles. The summed E-state index contributed by atoms with van der Waals surface area (Å²) in [6.07, 6.45) is 7.08. The number of carbonyl (C=O) groups excluding carboxylic acids is 1. The van der Waals surface area contributed by atoms with Crippen LogP contribution in [0.5, 0.6) is 0 Å². The molecule has 1 rings (SSSR count). The van der Waals surface area contributed by atoms with Crippen LogP contribution < -0.4 is 0 Å². The molecule has 0 saturated heterocycles. The normalized spacial score (nSPS) is 16.2. The fourth-order valence-electron chi connectivity index (χ4n) is 1.89. The molecule has 82 valence electrons. The summed E-state index contributed by atoms with van der Waals surface area (Å²) in [5, 5.41) is 0. The van der Waals surface area contributed by atoms with Crippen LogP contribution >= 0.6 is 0 Å². The second-order valence-electron chi connectivity index (χ2n) is 4.43. The van der Waals surface area contributed by atoms with Gasteiger partial charge in [-0.15, -0.1) is 0 Å². The van der Waals surface area contributed by atoms with Crippen LogP contribution in [0.15, 0.2) is 0 Å². The lowest BCUT2D eigenvalue weighted by Crippen LogP contribution is -2.28. The Morgan fingerprint density at radius 3 is 2.50 bits per heavy atom. The third kappa shape index (κ3) is 4.75. The van der Waals surface area contributed by atoms with Gasteiger partial charge in [0.25, 0.3) is 0 Å². The lowest BCUT2D eigenvalue weighted by atomic mass is 10.2. The summed E-state index contributed by atoms with van der Waals surface area (Å²) in [5.41, 5.74) is 0. The summed E-state index contributed by atoms with van der Waals surface area (Å²) in [6, 6.07) is 0.882. The Kier molecular flexibility index (Phi) is 5.16. The molecular formula is C12H23NO. The predicted molar refractivity (Wildman–Crippen MR) is 59.4 cm³/mol. The van der Waals surface area contributed by atoms with Crippen LogP contribution in [-0.4, -0.2) is 29.8 Å². The molecule has 1 saturated carbocycles. The molecule has 14 heavy (non-hydrogen) atoms. The van der Waals surface area contributed by atoms with Crippen molar-refractivity contribution in [2.45, 2.75) is 58.4 Å². The highest BCUT2D eigenvalue weighted by atomic mass is 16.1. The molecule has 0 amide bonds. The zero-order valence-electron chi connectivity index (χ0n) is 9.59. The van der Waals surface area contributed by atoms with Gasteiger partial charge in [0, 0.05) is 12.5 Å². The van der Waals surface area contributed by atoms with Gasteiger partial charge in [-0.3, -0.25) is 0 Å². The Bertz CT molecular complexity index is 175. The van der Waals surface area contributed by atoms with Crippen molar-refractivity contribution in [3.63, 3.8) is 0 Å². The first kappa shape index (κ1) is 11.7. The Labute approximate surface area is 87.7 Å². The highest BCUT2D eigenvalue weighted by molar-refractivity contribution is 5.75. The molecule has 0 N–H and O–H groups in total. The largest absolute Gasteiger partial charge is 0.300 e. The molecule has 0 aromatic heterocycles. The molecule has 1 aliphatic carbocycles. The van der Waals surface area contributed by atoms with Crippen molar-refractivity contribution < 1.29 is 4.79 Å². The second-order valence-corrected chi connectivity index (χ2v) is 4.43. The Morgan fingerprint density at radius 2 is 2.00 bits per heavy atom. The Morgan fingerprint density at radius 1 is 1.29 bits per heavy atom. The second kappa shape index (κ2) is 6.18. The van der Waals surface area contributed by atoms with E-state index in [-0.39, 0.29) is 0 Å². The van der Waals surface area contributed by atoms with Gasteiger partial charge in [0.1, 0.15) is 5.78 Å². The SMILES string of the molecule is CCCN(CCCCC(C)=O)C1CC1. The van der Waals surface area contributed by atoms with Gasteiger partial charge in [0.15, 0.2) is 0 Å². The highest BCUT2D eigenvalue weighted by Crippen LogP contribution is 2.27. The minimum atomic E-state index is 0.332. The molecule has 1 fully saturated rings. The number of carbonyl (C=O) groups is 1. The van der Waals surface area contributed by atoms with Gasteiger partial charge in [0.05, 0.1) is 0 Å². The first-order valence-electron chi connectivity index (χ1n) is 5.97. The number of unbranched alkanes of at least 4 members (excludes halogenated alkanes) is 1. The van der Waals surface area contributed by atoms with Gasteiger partial charge < -0.3 is 9.69 Å². The number of hydrogen-bond acceptors (Lipinski definition) is 2. The maximum absolute atomic E-state index is 10.7. The fourth-order valence-corrected chi connectivity index (χ4v) is 1.89. The smallest absolute Gasteiger partial charge is 0.129 e. The van der Waals surface area contributed by atoms with Gasteiger partial charge in [-0.25, -0.2) is 0 Å². The van der Waals surface area contributed by atoms with Crippen LogP contribution in [-0.2, 0) is 4.79 Å². The first-order valence-corrected chi connectivity index (χ1v) is 5.97. The molecule has 2 nitrogen and oxygen atoms in total. The van der Waals surface area contributed by atoms with Gasteiger partial charge in [-0.05, 0) is 52.1 Å².